The summed E-state index contributed by atoms with van der Waals surface area (Å²) in [5, 5.41) is 3.51. The summed E-state index contributed by atoms with van der Waals surface area (Å²) in [6.07, 6.45) is 4.19. The van der Waals surface area contributed by atoms with Crippen LogP contribution in [0.5, 0.6) is 0 Å². The summed E-state index contributed by atoms with van der Waals surface area (Å²) in [6.45, 7) is 1.96. The summed E-state index contributed by atoms with van der Waals surface area (Å²) in [6, 6.07) is 6.97. The van der Waals surface area contributed by atoms with E-state index in [0.29, 0.717) is 16.6 Å². The number of fused-ring (bicyclic) bond motifs is 1. The second kappa shape index (κ2) is 5.23. The van der Waals surface area contributed by atoms with Crippen LogP contribution < -0.4 is 10.2 Å². The lowest BCUT2D eigenvalue weighted by atomic mass is 10.1. The number of nitrogens with zero attached hydrogens (tertiary/aromatic N) is 2. The van der Waals surface area contributed by atoms with Crippen LogP contribution in [-0.2, 0) is 4.79 Å². The van der Waals surface area contributed by atoms with Crippen molar-refractivity contribution in [2.45, 2.75) is 25.7 Å². The van der Waals surface area contributed by atoms with Gasteiger partial charge in [0.25, 0.3) is 0 Å². The Morgan fingerprint density at radius 1 is 1.23 bits per heavy atom. The number of pyridine rings is 1. The molecule has 114 valence electrons. The molecule has 2 aromatic rings. The third-order valence-corrected chi connectivity index (χ3v) is 4.38. The maximum Gasteiger partial charge on any atom is 0.227 e. The average molecular weight is 299 g/mol. The number of carbonyl (C=O) groups excluding carboxylic acids is 1. The molecule has 4 rings (SSSR count). The molecule has 0 bridgehead atoms. The number of benzene rings is 1. The van der Waals surface area contributed by atoms with Gasteiger partial charge in [-0.25, -0.2) is 9.37 Å². The molecule has 1 N–H and O–H groups in total. The van der Waals surface area contributed by atoms with E-state index in [4.69, 9.17) is 0 Å². The Hall–Kier alpha value is -2.17. The highest BCUT2D eigenvalue weighted by atomic mass is 19.1. The fourth-order valence-electron chi connectivity index (χ4n) is 2.97. The van der Waals surface area contributed by atoms with Crippen LogP contribution in [0.4, 0.5) is 15.9 Å². The predicted molar refractivity (Wildman–Crippen MR) is 84.5 cm³/mol. The zero-order chi connectivity index (χ0) is 15.1. The Labute approximate surface area is 128 Å². The summed E-state index contributed by atoms with van der Waals surface area (Å²) >= 11 is 0. The fourth-order valence-corrected chi connectivity index (χ4v) is 2.97. The quantitative estimate of drug-likeness (QED) is 0.945. The Balaban J connectivity index is 1.66. The molecule has 0 radical (unpaired) electrons. The molecule has 1 aliphatic heterocycles. The molecule has 1 saturated heterocycles. The van der Waals surface area contributed by atoms with Crippen molar-refractivity contribution in [2.24, 2.45) is 5.92 Å². The number of carbonyl (C=O) groups is 1. The van der Waals surface area contributed by atoms with Crippen molar-refractivity contribution in [3.63, 3.8) is 0 Å². The van der Waals surface area contributed by atoms with Gasteiger partial charge < -0.3 is 10.2 Å². The molecule has 22 heavy (non-hydrogen) atoms. The molecule has 2 aliphatic rings. The standard InChI is InChI=1S/C17H18FN3O/c18-14-10-13(19-17(22)11-3-4-11)9-12-5-6-15(20-16(12)14)21-7-1-2-8-21/h5-6,9-11H,1-4,7-8H2,(H,19,22). The molecular weight excluding hydrogens is 281 g/mol. The van der Waals surface area contributed by atoms with Gasteiger partial charge in [-0.15, -0.1) is 0 Å². The maximum atomic E-state index is 14.3. The van der Waals surface area contributed by atoms with Gasteiger partial charge in [0.1, 0.15) is 11.3 Å². The molecule has 1 aliphatic carbocycles. The van der Waals surface area contributed by atoms with Gasteiger partial charge in [-0.2, -0.15) is 0 Å². The minimum atomic E-state index is -0.385. The fraction of sp³-hybridized carbons (Fsp3) is 0.412. The average Bonchev–Trinajstić information content (AvgIpc) is 3.22. The smallest absolute Gasteiger partial charge is 0.227 e. The van der Waals surface area contributed by atoms with Crippen LogP contribution in [-0.4, -0.2) is 24.0 Å². The van der Waals surface area contributed by atoms with Gasteiger partial charge >= 0.3 is 0 Å². The molecule has 2 fully saturated rings. The number of halogens is 1. The molecule has 4 nitrogen and oxygen atoms in total. The summed E-state index contributed by atoms with van der Waals surface area (Å²) < 4.78 is 14.3. The third kappa shape index (κ3) is 2.51. The summed E-state index contributed by atoms with van der Waals surface area (Å²) in [7, 11) is 0. The monoisotopic (exact) mass is 299 g/mol. The van der Waals surface area contributed by atoms with E-state index in [-0.39, 0.29) is 17.6 Å². The van der Waals surface area contributed by atoms with Crippen LogP contribution in [0, 0.1) is 11.7 Å². The molecule has 2 heterocycles. The lowest BCUT2D eigenvalue weighted by molar-refractivity contribution is -0.117. The minimum Gasteiger partial charge on any atom is -0.357 e. The highest BCUT2D eigenvalue weighted by molar-refractivity contribution is 5.96. The van der Waals surface area contributed by atoms with Crippen LogP contribution in [0.3, 0.4) is 0 Å². The van der Waals surface area contributed by atoms with Crippen molar-refractivity contribution >= 4 is 28.3 Å². The van der Waals surface area contributed by atoms with E-state index >= 15 is 0 Å². The number of rotatable bonds is 3. The Morgan fingerprint density at radius 2 is 2.00 bits per heavy atom. The first kappa shape index (κ1) is 13.5. The van der Waals surface area contributed by atoms with E-state index in [9.17, 15) is 9.18 Å². The number of nitrogens with one attached hydrogen (secondary N) is 1. The van der Waals surface area contributed by atoms with E-state index in [1.807, 2.05) is 12.1 Å². The van der Waals surface area contributed by atoms with E-state index in [1.54, 1.807) is 6.07 Å². The molecule has 0 unspecified atom stereocenters. The Morgan fingerprint density at radius 3 is 2.73 bits per heavy atom. The molecule has 1 aromatic heterocycles. The number of aromatic nitrogens is 1. The normalized spacial score (nSPS) is 18.0. The van der Waals surface area contributed by atoms with Gasteiger partial charge in [0.15, 0.2) is 5.82 Å². The second-order valence-electron chi connectivity index (χ2n) is 6.16. The third-order valence-electron chi connectivity index (χ3n) is 4.38. The molecule has 0 atom stereocenters. The van der Waals surface area contributed by atoms with E-state index in [0.717, 1.165) is 44.6 Å². The van der Waals surface area contributed by atoms with Crippen molar-refractivity contribution in [3.8, 4) is 0 Å². The minimum absolute atomic E-state index is 0.0135. The van der Waals surface area contributed by atoms with Crippen molar-refractivity contribution in [2.75, 3.05) is 23.3 Å². The van der Waals surface area contributed by atoms with Crippen LogP contribution in [0.15, 0.2) is 24.3 Å². The summed E-state index contributed by atoms with van der Waals surface area (Å²) in [5.74, 6) is 0.540. The highest BCUT2D eigenvalue weighted by Crippen LogP contribution is 2.31. The summed E-state index contributed by atoms with van der Waals surface area (Å²) in [4.78, 5) is 18.4. The van der Waals surface area contributed by atoms with E-state index < -0.39 is 0 Å². The van der Waals surface area contributed by atoms with E-state index in [1.165, 1.54) is 6.07 Å². The molecule has 1 aromatic carbocycles. The predicted octanol–water partition coefficient (Wildman–Crippen LogP) is 3.32. The molecule has 1 amide bonds. The Bertz CT molecular complexity index is 736. The van der Waals surface area contributed by atoms with Crippen LogP contribution in [0.25, 0.3) is 10.9 Å². The number of amides is 1. The van der Waals surface area contributed by atoms with Crippen LogP contribution in [0.2, 0.25) is 0 Å². The van der Waals surface area contributed by atoms with Crippen molar-refractivity contribution < 1.29 is 9.18 Å². The van der Waals surface area contributed by atoms with E-state index in [2.05, 4.69) is 15.2 Å². The van der Waals surface area contributed by atoms with Crippen molar-refractivity contribution in [3.05, 3.63) is 30.1 Å². The SMILES string of the molecule is O=C(Nc1cc(F)c2nc(N3CCCC3)ccc2c1)C1CC1. The summed E-state index contributed by atoms with van der Waals surface area (Å²) in [5.41, 5.74) is 0.881. The molecule has 0 spiro atoms. The topological polar surface area (TPSA) is 45.2 Å². The molecule has 5 heteroatoms. The van der Waals surface area contributed by atoms with Crippen molar-refractivity contribution in [1.29, 1.82) is 0 Å². The first-order chi connectivity index (χ1) is 10.7. The second-order valence-corrected chi connectivity index (χ2v) is 6.16. The van der Waals surface area contributed by atoms with Gasteiger partial charge in [0.05, 0.1) is 0 Å². The zero-order valence-electron chi connectivity index (χ0n) is 12.3. The Kier molecular flexibility index (Phi) is 3.21. The largest absolute Gasteiger partial charge is 0.357 e. The van der Waals surface area contributed by atoms with Gasteiger partial charge in [-0.1, -0.05) is 0 Å². The van der Waals surface area contributed by atoms with Crippen LogP contribution in [0.1, 0.15) is 25.7 Å². The van der Waals surface area contributed by atoms with Gasteiger partial charge in [0.2, 0.25) is 5.91 Å². The number of hydrogen-bond acceptors (Lipinski definition) is 3. The zero-order valence-corrected chi connectivity index (χ0v) is 12.3. The molecule has 1 saturated carbocycles. The number of hydrogen-bond donors (Lipinski definition) is 1. The maximum absolute atomic E-state index is 14.3. The number of anilines is 2. The first-order valence-corrected chi connectivity index (χ1v) is 7.87. The lowest BCUT2D eigenvalue weighted by Gasteiger charge is -2.17. The van der Waals surface area contributed by atoms with Gasteiger partial charge in [-0.3, -0.25) is 4.79 Å². The lowest BCUT2D eigenvalue weighted by Crippen LogP contribution is -2.18. The highest BCUT2D eigenvalue weighted by Gasteiger charge is 2.29. The van der Waals surface area contributed by atoms with Gasteiger partial charge in [-0.05, 0) is 49.9 Å². The van der Waals surface area contributed by atoms with Gasteiger partial charge in [0, 0.05) is 30.1 Å². The first-order valence-electron chi connectivity index (χ1n) is 7.87. The van der Waals surface area contributed by atoms with Crippen LogP contribution >= 0.6 is 0 Å². The molecular formula is C17H18FN3O. The van der Waals surface area contributed by atoms with Crippen molar-refractivity contribution in [1.82, 2.24) is 4.98 Å².